The average Bonchev–Trinajstić information content (AvgIpc) is 3.45. The predicted octanol–water partition coefficient (Wildman–Crippen LogP) is 4.05. The smallest absolute Gasteiger partial charge is 0.172 e. The van der Waals surface area contributed by atoms with Gasteiger partial charge in [-0.2, -0.15) is 0 Å². The molecule has 11 heteroatoms. The molecule has 2 fully saturated rings. The molecule has 2 saturated heterocycles. The molecule has 5 rings (SSSR count). The lowest BCUT2D eigenvalue weighted by molar-refractivity contribution is -0.0516. The first-order valence-electron chi connectivity index (χ1n) is 12.4. The van der Waals surface area contributed by atoms with Crippen LogP contribution < -0.4 is 15.4 Å². The summed E-state index contributed by atoms with van der Waals surface area (Å²) in [6.07, 6.45) is 4.09. The Balaban J connectivity index is 0.000000572. The van der Waals surface area contributed by atoms with Crippen molar-refractivity contribution in [2.45, 2.75) is 57.3 Å². The predicted molar refractivity (Wildman–Crippen MR) is 140 cm³/mol. The number of rotatable bonds is 5. The SMILES string of the molecule is C1CCOC1.CC(C)(O)C(O)c1cc2nc(N)c(N3CCC(Oc4ccc(Cl)cc4F)CC3)nc2cn1. The van der Waals surface area contributed by atoms with E-state index in [1.165, 1.54) is 45.0 Å². The molecule has 9 nitrogen and oxygen atoms in total. The number of nitrogen functional groups attached to an aromatic ring is 1. The Morgan fingerprint density at radius 3 is 2.46 bits per heavy atom. The van der Waals surface area contributed by atoms with Gasteiger partial charge in [0.25, 0.3) is 0 Å². The maximum atomic E-state index is 14.0. The van der Waals surface area contributed by atoms with Gasteiger partial charge in [-0.25, -0.2) is 14.4 Å². The van der Waals surface area contributed by atoms with E-state index in [-0.39, 0.29) is 17.7 Å². The number of benzene rings is 1. The number of hydrogen-bond acceptors (Lipinski definition) is 9. The van der Waals surface area contributed by atoms with E-state index < -0.39 is 17.5 Å². The highest BCUT2D eigenvalue weighted by Gasteiger charge is 2.28. The van der Waals surface area contributed by atoms with Crippen molar-refractivity contribution in [1.82, 2.24) is 15.0 Å². The third-order valence-corrected chi connectivity index (χ3v) is 6.52. The van der Waals surface area contributed by atoms with Crippen LogP contribution in [0.2, 0.25) is 5.02 Å². The highest BCUT2D eigenvalue weighted by Crippen LogP contribution is 2.30. The van der Waals surface area contributed by atoms with Crippen LogP contribution in [0.5, 0.6) is 5.75 Å². The van der Waals surface area contributed by atoms with E-state index in [2.05, 4.69) is 15.0 Å². The van der Waals surface area contributed by atoms with Gasteiger partial charge in [0, 0.05) is 44.2 Å². The molecule has 0 saturated carbocycles. The van der Waals surface area contributed by atoms with Gasteiger partial charge >= 0.3 is 0 Å². The number of halogens is 2. The van der Waals surface area contributed by atoms with Gasteiger partial charge in [-0.05, 0) is 51.0 Å². The number of anilines is 2. The number of nitrogens with zero attached hydrogens (tertiary/aromatic N) is 4. The minimum atomic E-state index is -1.35. The van der Waals surface area contributed by atoms with Gasteiger partial charge in [0.1, 0.15) is 17.7 Å². The molecule has 4 N–H and O–H groups in total. The zero-order valence-electron chi connectivity index (χ0n) is 21.0. The molecule has 3 aromatic rings. The minimum absolute atomic E-state index is 0.135. The van der Waals surface area contributed by atoms with Crippen LogP contribution in [-0.4, -0.2) is 63.2 Å². The van der Waals surface area contributed by atoms with Crippen molar-refractivity contribution in [3.8, 4) is 5.75 Å². The lowest BCUT2D eigenvalue weighted by atomic mass is 9.98. The zero-order chi connectivity index (χ0) is 26.6. The summed E-state index contributed by atoms with van der Waals surface area (Å²) in [5.41, 5.74) is 6.14. The van der Waals surface area contributed by atoms with E-state index in [4.69, 9.17) is 26.8 Å². The van der Waals surface area contributed by atoms with Gasteiger partial charge in [-0.3, -0.25) is 4.98 Å². The van der Waals surface area contributed by atoms with Crippen LogP contribution in [0.1, 0.15) is 51.3 Å². The molecule has 0 amide bonds. The molecule has 4 heterocycles. The minimum Gasteiger partial charge on any atom is -0.487 e. The van der Waals surface area contributed by atoms with E-state index in [0.717, 1.165) is 13.2 Å². The summed E-state index contributed by atoms with van der Waals surface area (Å²) in [5.74, 6) is 0.515. The van der Waals surface area contributed by atoms with E-state index in [1.807, 2.05) is 4.90 Å². The Morgan fingerprint density at radius 2 is 1.86 bits per heavy atom. The molecular formula is C26H33ClFN5O4. The maximum Gasteiger partial charge on any atom is 0.172 e. The molecule has 37 heavy (non-hydrogen) atoms. The first-order chi connectivity index (χ1) is 17.6. The van der Waals surface area contributed by atoms with Gasteiger partial charge in [0.15, 0.2) is 23.2 Å². The van der Waals surface area contributed by atoms with Crippen molar-refractivity contribution < 1.29 is 24.1 Å². The summed E-state index contributed by atoms with van der Waals surface area (Å²) in [7, 11) is 0. The van der Waals surface area contributed by atoms with Gasteiger partial charge in [0.2, 0.25) is 0 Å². The largest absolute Gasteiger partial charge is 0.487 e. The van der Waals surface area contributed by atoms with Crippen LogP contribution in [0, 0.1) is 5.82 Å². The van der Waals surface area contributed by atoms with Crippen LogP contribution in [0.25, 0.3) is 11.0 Å². The number of aromatic nitrogens is 3. The standard InChI is InChI=1S/C22H25ClFN5O3.C4H8O/c1-22(2,31)19(30)16-10-15-17(11-26-16)28-21(20(25)27-15)29-7-5-13(6-8-29)32-18-4-3-12(23)9-14(18)24;1-2-4-5-3-1/h3-4,9-11,13,19,30-31H,5-8H2,1-2H3,(H2,25,27);1-4H2. The topological polar surface area (TPSA) is 127 Å². The molecule has 0 aliphatic carbocycles. The van der Waals surface area contributed by atoms with Crippen molar-refractivity contribution in [1.29, 1.82) is 0 Å². The molecule has 2 aliphatic rings. The number of piperidine rings is 1. The van der Waals surface area contributed by atoms with E-state index >= 15 is 0 Å². The average molecular weight is 534 g/mol. The lowest BCUT2D eigenvalue weighted by Gasteiger charge is -2.33. The Labute approximate surface area is 220 Å². The molecule has 1 atom stereocenters. The molecule has 0 bridgehead atoms. The quantitative estimate of drug-likeness (QED) is 0.445. The van der Waals surface area contributed by atoms with E-state index in [0.29, 0.717) is 53.5 Å². The normalized spacial score (nSPS) is 17.4. The summed E-state index contributed by atoms with van der Waals surface area (Å²) in [6.45, 7) is 6.24. The highest BCUT2D eigenvalue weighted by molar-refractivity contribution is 6.30. The molecule has 2 aliphatic heterocycles. The molecule has 2 aromatic heterocycles. The molecule has 200 valence electrons. The fourth-order valence-corrected chi connectivity index (χ4v) is 4.33. The summed E-state index contributed by atoms with van der Waals surface area (Å²) >= 11 is 5.79. The summed E-state index contributed by atoms with van der Waals surface area (Å²) in [6, 6.07) is 5.94. The number of aliphatic hydroxyl groups is 2. The number of pyridine rings is 1. The third-order valence-electron chi connectivity index (χ3n) is 6.29. The van der Waals surface area contributed by atoms with E-state index in [9.17, 15) is 14.6 Å². The molecule has 1 unspecified atom stereocenters. The van der Waals surface area contributed by atoms with Crippen LogP contribution in [-0.2, 0) is 4.74 Å². The van der Waals surface area contributed by atoms with Gasteiger partial charge in [-0.1, -0.05) is 11.6 Å². The Hall–Kier alpha value is -2.79. The Bertz CT molecular complexity index is 1210. The fourth-order valence-electron chi connectivity index (χ4n) is 4.17. The summed E-state index contributed by atoms with van der Waals surface area (Å²) in [4.78, 5) is 15.3. The third kappa shape index (κ3) is 6.95. The van der Waals surface area contributed by atoms with Gasteiger partial charge < -0.3 is 30.3 Å². The van der Waals surface area contributed by atoms with Crippen molar-refractivity contribution in [3.63, 3.8) is 0 Å². The van der Waals surface area contributed by atoms with Crippen molar-refractivity contribution in [2.75, 3.05) is 36.9 Å². The van der Waals surface area contributed by atoms with E-state index in [1.54, 1.807) is 12.1 Å². The van der Waals surface area contributed by atoms with Crippen LogP contribution >= 0.6 is 11.6 Å². The molecule has 0 spiro atoms. The number of nitrogens with two attached hydrogens (primary N) is 1. The first-order valence-corrected chi connectivity index (χ1v) is 12.8. The second-order valence-electron chi connectivity index (χ2n) is 9.79. The zero-order valence-corrected chi connectivity index (χ0v) is 21.8. The van der Waals surface area contributed by atoms with Crippen LogP contribution in [0.4, 0.5) is 16.0 Å². The maximum absolute atomic E-state index is 14.0. The van der Waals surface area contributed by atoms with Crippen LogP contribution in [0.15, 0.2) is 30.5 Å². The lowest BCUT2D eigenvalue weighted by Crippen LogP contribution is -2.39. The van der Waals surface area contributed by atoms with Gasteiger partial charge in [0.05, 0.1) is 23.0 Å². The molecular weight excluding hydrogens is 501 g/mol. The van der Waals surface area contributed by atoms with Gasteiger partial charge in [-0.15, -0.1) is 0 Å². The number of ether oxygens (including phenoxy) is 2. The summed E-state index contributed by atoms with van der Waals surface area (Å²) in [5, 5.41) is 20.6. The number of aliphatic hydroxyl groups excluding tert-OH is 1. The number of fused-ring (bicyclic) bond motifs is 1. The fraction of sp³-hybridized carbons (Fsp3) is 0.500. The highest BCUT2D eigenvalue weighted by atomic mass is 35.5. The van der Waals surface area contributed by atoms with Crippen molar-refractivity contribution in [2.24, 2.45) is 0 Å². The monoisotopic (exact) mass is 533 g/mol. The van der Waals surface area contributed by atoms with Crippen molar-refractivity contribution in [3.05, 3.63) is 47.0 Å². The molecule has 1 aromatic carbocycles. The second-order valence-corrected chi connectivity index (χ2v) is 10.2. The first kappa shape index (κ1) is 27.3. The summed E-state index contributed by atoms with van der Waals surface area (Å²) < 4.78 is 24.8. The van der Waals surface area contributed by atoms with Crippen molar-refractivity contribution >= 4 is 34.3 Å². The van der Waals surface area contributed by atoms with Crippen LogP contribution in [0.3, 0.4) is 0 Å². The second kappa shape index (κ2) is 11.7. The molecule has 0 radical (unpaired) electrons. The number of hydrogen-bond donors (Lipinski definition) is 3. The Morgan fingerprint density at radius 1 is 1.16 bits per heavy atom. The Kier molecular flexibility index (Phi) is 8.63.